The van der Waals surface area contributed by atoms with Crippen molar-refractivity contribution in [3.05, 3.63) is 10.4 Å². The molecule has 0 aromatic carbocycles. The molecular weight excluding hydrogens is 132 g/mol. The number of unbranched alkanes of at least 4 members (excludes halogenated alkanes) is 1. The average Bonchev–Trinajstić information content (AvgIpc) is 1.87. The molecule has 5 heteroatoms. The number of carbonyl (C=O) groups is 1. The fraction of sp³-hybridized carbons (Fsp3) is 0.800. The fourth-order valence-electron chi connectivity index (χ4n) is 0.526. The van der Waals surface area contributed by atoms with Crippen LogP contribution in [0.4, 0.5) is 0 Å². The van der Waals surface area contributed by atoms with Crippen molar-refractivity contribution in [3.63, 3.8) is 0 Å². The molecule has 5 nitrogen and oxygen atoms in total. The zero-order valence-electron chi connectivity index (χ0n) is 5.66. The van der Waals surface area contributed by atoms with Crippen molar-refractivity contribution in [2.45, 2.75) is 19.3 Å². The van der Waals surface area contributed by atoms with Crippen LogP contribution in [-0.2, 0) is 4.79 Å². The first-order valence-corrected chi connectivity index (χ1v) is 3.06. The third-order valence-corrected chi connectivity index (χ3v) is 0.995. The highest BCUT2D eigenvalue weighted by molar-refractivity contribution is 5.73. The van der Waals surface area contributed by atoms with Gasteiger partial charge in [-0.25, -0.2) is 0 Å². The summed E-state index contributed by atoms with van der Waals surface area (Å²) < 4.78 is 0. The Hall–Kier alpha value is -1.22. The van der Waals surface area contributed by atoms with Gasteiger partial charge in [-0.15, -0.1) is 0 Å². The minimum absolute atomic E-state index is 0.305. The van der Waals surface area contributed by atoms with Crippen LogP contribution in [0.1, 0.15) is 19.3 Å². The van der Waals surface area contributed by atoms with E-state index in [-0.39, 0.29) is 5.91 Å². The van der Waals surface area contributed by atoms with E-state index >= 15 is 0 Å². The molecule has 2 N–H and O–H groups in total. The summed E-state index contributed by atoms with van der Waals surface area (Å²) >= 11 is 0. The van der Waals surface area contributed by atoms with E-state index in [0.29, 0.717) is 19.4 Å². The summed E-state index contributed by atoms with van der Waals surface area (Å²) in [6.45, 7) is 0.448. The Balaban J connectivity index is 3.05. The average molecular weight is 142 g/mol. The molecular formula is C5H10N4O. The quantitative estimate of drug-likeness (QED) is 0.263. The number of amides is 1. The number of hydrogen-bond donors (Lipinski definition) is 1. The number of nitrogens with zero attached hydrogens (tertiary/aromatic N) is 3. The van der Waals surface area contributed by atoms with Crippen molar-refractivity contribution in [1.82, 2.24) is 0 Å². The first-order chi connectivity index (χ1) is 4.77. The summed E-state index contributed by atoms with van der Waals surface area (Å²) in [4.78, 5) is 12.7. The highest BCUT2D eigenvalue weighted by Crippen LogP contribution is 1.93. The summed E-state index contributed by atoms with van der Waals surface area (Å²) in [7, 11) is 0. The summed E-state index contributed by atoms with van der Waals surface area (Å²) in [6, 6.07) is 0. The summed E-state index contributed by atoms with van der Waals surface area (Å²) in [5.41, 5.74) is 12.7. The molecule has 0 saturated heterocycles. The van der Waals surface area contributed by atoms with Gasteiger partial charge in [-0.2, -0.15) is 0 Å². The van der Waals surface area contributed by atoms with Gasteiger partial charge in [0.25, 0.3) is 0 Å². The molecule has 0 heterocycles. The summed E-state index contributed by atoms with van der Waals surface area (Å²) in [5, 5.41) is 3.30. The molecule has 0 saturated carbocycles. The van der Waals surface area contributed by atoms with E-state index in [9.17, 15) is 4.79 Å². The summed E-state index contributed by atoms with van der Waals surface area (Å²) in [6.07, 6.45) is 1.81. The van der Waals surface area contributed by atoms with Gasteiger partial charge in [0.2, 0.25) is 5.91 Å². The minimum Gasteiger partial charge on any atom is -0.370 e. The summed E-state index contributed by atoms with van der Waals surface area (Å²) in [5.74, 6) is -0.305. The van der Waals surface area contributed by atoms with E-state index in [1.165, 1.54) is 0 Å². The molecule has 0 unspecified atom stereocenters. The Bertz CT molecular complexity index is 146. The van der Waals surface area contributed by atoms with E-state index in [1.54, 1.807) is 0 Å². The molecule has 56 valence electrons. The molecule has 0 radical (unpaired) electrons. The monoisotopic (exact) mass is 142 g/mol. The van der Waals surface area contributed by atoms with Gasteiger partial charge in [0.1, 0.15) is 0 Å². The Labute approximate surface area is 58.8 Å². The topological polar surface area (TPSA) is 91.8 Å². The SMILES string of the molecule is [N-]=[N+]=NCCCCC(N)=O. The lowest BCUT2D eigenvalue weighted by Crippen LogP contribution is -2.09. The van der Waals surface area contributed by atoms with Crippen LogP contribution in [0.5, 0.6) is 0 Å². The second-order valence-corrected chi connectivity index (χ2v) is 1.88. The van der Waals surface area contributed by atoms with Crippen molar-refractivity contribution < 1.29 is 4.79 Å². The molecule has 0 atom stereocenters. The number of nitrogens with two attached hydrogens (primary N) is 1. The van der Waals surface area contributed by atoms with Crippen molar-refractivity contribution in [2.75, 3.05) is 6.54 Å². The third kappa shape index (κ3) is 6.78. The molecule has 1 amide bonds. The predicted octanol–water partition coefficient (Wildman–Crippen LogP) is 0.952. The molecule has 0 aromatic rings. The molecule has 0 rings (SSSR count). The fourth-order valence-corrected chi connectivity index (χ4v) is 0.526. The first kappa shape index (κ1) is 8.78. The van der Waals surface area contributed by atoms with Gasteiger partial charge in [-0.05, 0) is 18.4 Å². The number of rotatable bonds is 5. The van der Waals surface area contributed by atoms with Crippen LogP contribution in [-0.4, -0.2) is 12.5 Å². The van der Waals surface area contributed by atoms with Crippen LogP contribution in [0.15, 0.2) is 5.11 Å². The normalized spacial score (nSPS) is 8.40. The highest BCUT2D eigenvalue weighted by atomic mass is 16.1. The standard InChI is InChI=1S/C5H10N4O/c6-5(10)3-1-2-4-8-9-7/h1-4H2,(H2,6,10). The zero-order valence-corrected chi connectivity index (χ0v) is 5.66. The van der Waals surface area contributed by atoms with Gasteiger partial charge in [0.05, 0.1) is 0 Å². The lowest BCUT2D eigenvalue weighted by molar-refractivity contribution is -0.118. The van der Waals surface area contributed by atoms with Crippen LogP contribution in [0, 0.1) is 0 Å². The Morgan fingerprint density at radius 1 is 1.60 bits per heavy atom. The molecule has 0 aliphatic rings. The predicted molar refractivity (Wildman–Crippen MR) is 37.1 cm³/mol. The van der Waals surface area contributed by atoms with Gasteiger partial charge in [-0.1, -0.05) is 5.11 Å². The van der Waals surface area contributed by atoms with Gasteiger partial charge in [0.15, 0.2) is 0 Å². The van der Waals surface area contributed by atoms with E-state index in [1.807, 2.05) is 0 Å². The van der Waals surface area contributed by atoms with Crippen molar-refractivity contribution in [1.29, 1.82) is 0 Å². The van der Waals surface area contributed by atoms with Crippen LogP contribution >= 0.6 is 0 Å². The third-order valence-electron chi connectivity index (χ3n) is 0.995. The van der Waals surface area contributed by atoms with E-state index in [0.717, 1.165) is 6.42 Å². The molecule has 0 fully saturated rings. The second-order valence-electron chi connectivity index (χ2n) is 1.88. The van der Waals surface area contributed by atoms with Crippen LogP contribution in [0.25, 0.3) is 10.4 Å². The molecule has 0 bridgehead atoms. The van der Waals surface area contributed by atoms with Crippen LogP contribution < -0.4 is 5.73 Å². The maximum absolute atomic E-state index is 10.2. The number of primary amides is 1. The Kier molecular flexibility index (Phi) is 5.19. The zero-order chi connectivity index (χ0) is 7.82. The highest BCUT2D eigenvalue weighted by Gasteiger charge is 1.91. The van der Waals surface area contributed by atoms with Crippen LogP contribution in [0.2, 0.25) is 0 Å². The lowest BCUT2D eigenvalue weighted by atomic mass is 10.2. The minimum atomic E-state index is -0.305. The van der Waals surface area contributed by atoms with E-state index in [2.05, 4.69) is 10.0 Å². The van der Waals surface area contributed by atoms with Gasteiger partial charge in [0, 0.05) is 17.9 Å². The van der Waals surface area contributed by atoms with Crippen molar-refractivity contribution >= 4 is 5.91 Å². The van der Waals surface area contributed by atoms with Crippen molar-refractivity contribution in [2.24, 2.45) is 10.8 Å². The van der Waals surface area contributed by atoms with Gasteiger partial charge < -0.3 is 5.73 Å². The van der Waals surface area contributed by atoms with E-state index < -0.39 is 0 Å². The maximum Gasteiger partial charge on any atom is 0.217 e. The second kappa shape index (κ2) is 5.91. The maximum atomic E-state index is 10.2. The van der Waals surface area contributed by atoms with Crippen LogP contribution in [0.3, 0.4) is 0 Å². The lowest BCUT2D eigenvalue weighted by Gasteiger charge is -1.91. The Morgan fingerprint density at radius 3 is 2.80 bits per heavy atom. The molecule has 0 aromatic heterocycles. The van der Waals surface area contributed by atoms with E-state index in [4.69, 9.17) is 11.3 Å². The smallest absolute Gasteiger partial charge is 0.217 e. The molecule has 10 heavy (non-hydrogen) atoms. The molecule has 0 aliphatic heterocycles. The largest absolute Gasteiger partial charge is 0.370 e. The van der Waals surface area contributed by atoms with Crippen molar-refractivity contribution in [3.8, 4) is 0 Å². The molecule has 0 spiro atoms. The van der Waals surface area contributed by atoms with Gasteiger partial charge in [-0.3, -0.25) is 4.79 Å². The van der Waals surface area contributed by atoms with Gasteiger partial charge >= 0.3 is 0 Å². The Morgan fingerprint density at radius 2 is 2.30 bits per heavy atom. The number of hydrogen-bond acceptors (Lipinski definition) is 2. The number of azide groups is 1. The molecule has 0 aliphatic carbocycles. The first-order valence-electron chi connectivity index (χ1n) is 3.06. The number of carbonyl (C=O) groups excluding carboxylic acids is 1.